The van der Waals surface area contributed by atoms with Gasteiger partial charge in [0.15, 0.2) is 5.13 Å². The number of rotatable bonds is 7. The van der Waals surface area contributed by atoms with Crippen molar-refractivity contribution in [2.75, 3.05) is 10.6 Å². The Labute approximate surface area is 178 Å². The lowest BCUT2D eigenvalue weighted by atomic mass is 10.1. The van der Waals surface area contributed by atoms with Crippen LogP contribution in [0.2, 0.25) is 5.02 Å². The Morgan fingerprint density at radius 1 is 1.07 bits per heavy atom. The highest BCUT2D eigenvalue weighted by Crippen LogP contribution is 2.17. The summed E-state index contributed by atoms with van der Waals surface area (Å²) in [5.74, 6) is -0.257. The van der Waals surface area contributed by atoms with Gasteiger partial charge >= 0.3 is 6.03 Å². The number of carbonyl (C=O) groups is 2. The molecular weight excluding hydrogens is 408 g/mol. The topological polar surface area (TPSA) is 83.1 Å². The fraction of sp³-hybridized carbons (Fsp3) is 0.190. The van der Waals surface area contributed by atoms with E-state index in [0.29, 0.717) is 15.8 Å². The molecule has 0 aliphatic heterocycles. The summed E-state index contributed by atoms with van der Waals surface area (Å²) in [6, 6.07) is 16.5. The molecule has 150 valence electrons. The Morgan fingerprint density at radius 3 is 2.52 bits per heavy atom. The Bertz CT molecular complexity index is 960. The van der Waals surface area contributed by atoms with Crippen LogP contribution in [0.5, 0.6) is 0 Å². The van der Waals surface area contributed by atoms with Crippen molar-refractivity contribution >= 4 is 45.7 Å². The van der Waals surface area contributed by atoms with Gasteiger partial charge in [0.05, 0.1) is 0 Å². The first-order valence-electron chi connectivity index (χ1n) is 9.13. The molecule has 29 heavy (non-hydrogen) atoms. The highest BCUT2D eigenvalue weighted by Gasteiger charge is 2.15. The van der Waals surface area contributed by atoms with E-state index in [0.717, 1.165) is 12.8 Å². The van der Waals surface area contributed by atoms with E-state index >= 15 is 0 Å². The van der Waals surface area contributed by atoms with Crippen LogP contribution in [-0.4, -0.2) is 23.0 Å². The maximum Gasteiger partial charge on any atom is 0.325 e. The number of thiazole rings is 1. The van der Waals surface area contributed by atoms with Crippen LogP contribution in [0.4, 0.5) is 15.6 Å². The van der Waals surface area contributed by atoms with Crippen molar-refractivity contribution in [3.63, 3.8) is 0 Å². The van der Waals surface area contributed by atoms with Gasteiger partial charge in [-0.25, -0.2) is 9.78 Å². The first-order chi connectivity index (χ1) is 14.0. The van der Waals surface area contributed by atoms with Gasteiger partial charge < -0.3 is 10.6 Å². The van der Waals surface area contributed by atoms with Crippen LogP contribution in [0.3, 0.4) is 0 Å². The van der Waals surface area contributed by atoms with Gasteiger partial charge in [-0.3, -0.25) is 10.1 Å². The van der Waals surface area contributed by atoms with Crippen LogP contribution >= 0.6 is 22.9 Å². The summed E-state index contributed by atoms with van der Waals surface area (Å²) in [5, 5.41) is 10.8. The molecule has 0 bridgehead atoms. The summed E-state index contributed by atoms with van der Waals surface area (Å²) in [6.07, 6.45) is 1.71. The van der Waals surface area contributed by atoms with E-state index in [1.807, 2.05) is 25.1 Å². The van der Waals surface area contributed by atoms with Gasteiger partial charge in [0.2, 0.25) is 0 Å². The molecule has 3 amide bonds. The number of anilines is 2. The highest BCUT2D eigenvalue weighted by atomic mass is 35.5. The summed E-state index contributed by atoms with van der Waals surface area (Å²) in [5.41, 5.74) is 2.12. The van der Waals surface area contributed by atoms with Gasteiger partial charge in [-0.1, -0.05) is 41.9 Å². The molecular formula is C21H21ClN4O2S. The molecule has 3 aromatic rings. The third-order valence-electron chi connectivity index (χ3n) is 4.15. The Hall–Kier alpha value is -2.90. The average molecular weight is 429 g/mol. The predicted octanol–water partition coefficient (Wildman–Crippen LogP) is 5.19. The van der Waals surface area contributed by atoms with Crippen LogP contribution < -0.4 is 16.0 Å². The van der Waals surface area contributed by atoms with E-state index in [9.17, 15) is 9.59 Å². The number of amides is 3. The molecule has 0 saturated carbocycles. The Morgan fingerprint density at radius 2 is 1.79 bits per heavy atom. The summed E-state index contributed by atoms with van der Waals surface area (Å²) >= 11 is 7.01. The van der Waals surface area contributed by atoms with Gasteiger partial charge in [0.25, 0.3) is 5.91 Å². The van der Waals surface area contributed by atoms with E-state index < -0.39 is 6.03 Å². The van der Waals surface area contributed by atoms with Crippen molar-refractivity contribution in [1.82, 2.24) is 10.3 Å². The fourth-order valence-electron chi connectivity index (χ4n) is 2.63. The summed E-state index contributed by atoms with van der Waals surface area (Å²) in [6.45, 7) is 1.96. The second kappa shape index (κ2) is 10.0. The van der Waals surface area contributed by atoms with E-state index in [4.69, 9.17) is 11.6 Å². The molecule has 3 N–H and O–H groups in total. The molecule has 0 aliphatic carbocycles. The molecule has 0 aliphatic rings. The molecule has 1 heterocycles. The zero-order chi connectivity index (χ0) is 20.6. The maximum atomic E-state index is 12.4. The van der Waals surface area contributed by atoms with Crippen LogP contribution in [0.1, 0.15) is 29.4 Å². The largest absolute Gasteiger partial charge is 0.348 e. The number of carbonyl (C=O) groups excluding carboxylic acids is 2. The van der Waals surface area contributed by atoms with Crippen molar-refractivity contribution in [1.29, 1.82) is 0 Å². The average Bonchev–Trinajstić information content (AvgIpc) is 3.17. The normalized spacial score (nSPS) is 11.5. The number of urea groups is 1. The number of hydrogen-bond acceptors (Lipinski definition) is 4. The maximum absolute atomic E-state index is 12.4. The second-order valence-electron chi connectivity index (χ2n) is 6.52. The van der Waals surface area contributed by atoms with Crippen molar-refractivity contribution in [3.8, 4) is 0 Å². The second-order valence-corrected chi connectivity index (χ2v) is 7.82. The number of halogens is 1. The molecule has 8 heteroatoms. The van der Waals surface area contributed by atoms with Crippen LogP contribution in [-0.2, 0) is 6.42 Å². The molecule has 1 unspecified atom stereocenters. The molecule has 0 saturated heterocycles. The van der Waals surface area contributed by atoms with Gasteiger partial charge in [0, 0.05) is 22.1 Å². The third-order valence-corrected chi connectivity index (χ3v) is 5.16. The van der Waals surface area contributed by atoms with Crippen molar-refractivity contribution in [3.05, 3.63) is 76.3 Å². The monoisotopic (exact) mass is 428 g/mol. The summed E-state index contributed by atoms with van der Waals surface area (Å²) < 4.78 is 0. The molecule has 6 nitrogen and oxygen atoms in total. The van der Waals surface area contributed by atoms with Crippen LogP contribution in [0, 0.1) is 0 Å². The van der Waals surface area contributed by atoms with Gasteiger partial charge in [0.1, 0.15) is 5.69 Å². The minimum Gasteiger partial charge on any atom is -0.348 e. The van der Waals surface area contributed by atoms with Crippen LogP contribution in [0.25, 0.3) is 0 Å². The quantitative estimate of drug-likeness (QED) is 0.484. The SMILES string of the molecule is CC(CCc1ccccc1)NC(=O)c1csc(NC(=O)Nc2ccc(Cl)cc2)n1. The molecule has 0 spiro atoms. The minimum atomic E-state index is -0.440. The lowest BCUT2D eigenvalue weighted by Crippen LogP contribution is -2.33. The van der Waals surface area contributed by atoms with E-state index in [1.165, 1.54) is 16.9 Å². The molecule has 0 fully saturated rings. The summed E-state index contributed by atoms with van der Waals surface area (Å²) in [7, 11) is 0. The van der Waals surface area contributed by atoms with E-state index in [-0.39, 0.29) is 17.6 Å². The smallest absolute Gasteiger partial charge is 0.325 e. The number of hydrogen-bond donors (Lipinski definition) is 3. The Balaban J connectivity index is 1.47. The predicted molar refractivity (Wildman–Crippen MR) is 118 cm³/mol. The Kier molecular flexibility index (Phi) is 7.21. The summed E-state index contributed by atoms with van der Waals surface area (Å²) in [4.78, 5) is 28.6. The lowest BCUT2D eigenvalue weighted by molar-refractivity contribution is 0.0934. The lowest BCUT2D eigenvalue weighted by Gasteiger charge is -2.12. The standard InChI is InChI=1S/C21H21ClN4O2S/c1-14(7-8-15-5-3-2-4-6-15)23-19(27)18-13-29-21(25-18)26-20(28)24-17-11-9-16(22)10-12-17/h2-6,9-14H,7-8H2,1H3,(H,23,27)(H2,24,25,26,28). The first-order valence-corrected chi connectivity index (χ1v) is 10.4. The molecule has 1 atom stereocenters. The molecule has 0 radical (unpaired) electrons. The fourth-order valence-corrected chi connectivity index (χ4v) is 3.44. The van der Waals surface area contributed by atoms with Crippen molar-refractivity contribution < 1.29 is 9.59 Å². The highest BCUT2D eigenvalue weighted by molar-refractivity contribution is 7.14. The molecule has 3 rings (SSSR count). The number of benzene rings is 2. The molecule has 1 aromatic heterocycles. The van der Waals surface area contributed by atoms with Crippen LogP contribution in [0.15, 0.2) is 60.0 Å². The molecule has 2 aromatic carbocycles. The van der Waals surface area contributed by atoms with Crippen molar-refractivity contribution in [2.24, 2.45) is 0 Å². The minimum absolute atomic E-state index is 0.00835. The zero-order valence-corrected chi connectivity index (χ0v) is 17.4. The van der Waals surface area contributed by atoms with E-state index in [1.54, 1.807) is 29.6 Å². The first kappa shape index (κ1) is 20.8. The van der Waals surface area contributed by atoms with Gasteiger partial charge in [-0.15, -0.1) is 11.3 Å². The number of aromatic nitrogens is 1. The number of nitrogens with zero attached hydrogens (tertiary/aromatic N) is 1. The van der Waals surface area contributed by atoms with Crippen molar-refractivity contribution in [2.45, 2.75) is 25.8 Å². The zero-order valence-electron chi connectivity index (χ0n) is 15.8. The van der Waals surface area contributed by atoms with E-state index in [2.05, 4.69) is 33.1 Å². The third kappa shape index (κ3) is 6.58. The van der Waals surface area contributed by atoms with Gasteiger partial charge in [-0.2, -0.15) is 0 Å². The van der Waals surface area contributed by atoms with Gasteiger partial charge in [-0.05, 0) is 49.6 Å². The number of aryl methyl sites for hydroxylation is 1. The number of nitrogens with one attached hydrogen (secondary N) is 3.